The van der Waals surface area contributed by atoms with Crippen LogP contribution in [0.5, 0.6) is 0 Å². The zero-order valence-corrected chi connectivity index (χ0v) is 11.8. The van der Waals surface area contributed by atoms with Gasteiger partial charge in [0.05, 0.1) is 0 Å². The van der Waals surface area contributed by atoms with Crippen molar-refractivity contribution in [2.24, 2.45) is 0 Å². The molecule has 3 atom stereocenters. The lowest BCUT2D eigenvalue weighted by molar-refractivity contribution is 0.116. The number of hydrogen-bond donors (Lipinski definition) is 1. The molecule has 0 aromatic heterocycles. The molecule has 2 fully saturated rings. The normalized spacial score (nSPS) is 36.0. The summed E-state index contributed by atoms with van der Waals surface area (Å²) in [6, 6.07) is 2.46. The fourth-order valence-corrected chi connectivity index (χ4v) is 3.91. The van der Waals surface area contributed by atoms with E-state index in [1.54, 1.807) is 0 Å². The SMILES string of the molecule is CCNC1CCCC1N1CCCCCC1CC. The maximum atomic E-state index is 3.72. The Balaban J connectivity index is 2.01. The first-order valence-corrected chi connectivity index (χ1v) is 7.86. The van der Waals surface area contributed by atoms with Gasteiger partial charge in [0, 0.05) is 18.1 Å². The van der Waals surface area contributed by atoms with Crippen LogP contribution in [-0.4, -0.2) is 36.1 Å². The summed E-state index contributed by atoms with van der Waals surface area (Å²) < 4.78 is 0. The summed E-state index contributed by atoms with van der Waals surface area (Å²) in [5.41, 5.74) is 0. The Morgan fingerprint density at radius 2 is 1.88 bits per heavy atom. The molecule has 17 heavy (non-hydrogen) atoms. The Morgan fingerprint density at radius 3 is 2.65 bits per heavy atom. The molecule has 3 unspecified atom stereocenters. The van der Waals surface area contributed by atoms with E-state index in [0.29, 0.717) is 0 Å². The highest BCUT2D eigenvalue weighted by molar-refractivity contribution is 4.93. The van der Waals surface area contributed by atoms with Crippen LogP contribution in [0.25, 0.3) is 0 Å². The number of nitrogens with one attached hydrogen (secondary N) is 1. The third kappa shape index (κ3) is 3.23. The second kappa shape index (κ2) is 6.75. The van der Waals surface area contributed by atoms with Gasteiger partial charge in [-0.3, -0.25) is 4.90 Å². The summed E-state index contributed by atoms with van der Waals surface area (Å²) in [5.74, 6) is 0. The van der Waals surface area contributed by atoms with Gasteiger partial charge in [-0.1, -0.05) is 33.1 Å². The molecule has 0 radical (unpaired) electrons. The maximum absolute atomic E-state index is 3.72. The van der Waals surface area contributed by atoms with Gasteiger partial charge in [-0.2, -0.15) is 0 Å². The van der Waals surface area contributed by atoms with E-state index < -0.39 is 0 Å². The quantitative estimate of drug-likeness (QED) is 0.809. The van der Waals surface area contributed by atoms with E-state index in [4.69, 9.17) is 0 Å². The molecule has 0 aromatic carbocycles. The van der Waals surface area contributed by atoms with Gasteiger partial charge in [-0.25, -0.2) is 0 Å². The minimum atomic E-state index is 0.771. The number of rotatable bonds is 4. The van der Waals surface area contributed by atoms with Crippen LogP contribution >= 0.6 is 0 Å². The third-order valence-corrected chi connectivity index (χ3v) is 4.77. The van der Waals surface area contributed by atoms with Crippen molar-refractivity contribution in [2.45, 2.75) is 83.3 Å². The van der Waals surface area contributed by atoms with Gasteiger partial charge in [-0.05, 0) is 45.2 Å². The molecule has 0 spiro atoms. The largest absolute Gasteiger partial charge is 0.313 e. The molecule has 1 saturated heterocycles. The molecule has 1 heterocycles. The molecule has 1 aliphatic carbocycles. The van der Waals surface area contributed by atoms with Crippen LogP contribution in [0.1, 0.15) is 65.2 Å². The lowest BCUT2D eigenvalue weighted by atomic mass is 10.0. The smallest absolute Gasteiger partial charge is 0.0252 e. The average Bonchev–Trinajstić information content (AvgIpc) is 2.66. The fraction of sp³-hybridized carbons (Fsp3) is 1.00. The molecule has 100 valence electrons. The number of hydrogen-bond acceptors (Lipinski definition) is 2. The summed E-state index contributed by atoms with van der Waals surface area (Å²) in [6.45, 7) is 7.10. The van der Waals surface area contributed by atoms with Crippen molar-refractivity contribution in [3.63, 3.8) is 0 Å². The molecule has 2 heteroatoms. The molecule has 1 N–H and O–H groups in total. The minimum Gasteiger partial charge on any atom is -0.313 e. The second-order valence-electron chi connectivity index (χ2n) is 5.81. The Hall–Kier alpha value is -0.0800. The Bertz CT molecular complexity index is 217. The van der Waals surface area contributed by atoms with Crippen LogP contribution in [0.4, 0.5) is 0 Å². The molecule has 1 saturated carbocycles. The van der Waals surface area contributed by atoms with Gasteiger partial charge in [0.25, 0.3) is 0 Å². The lowest BCUT2D eigenvalue weighted by Crippen LogP contribution is -2.50. The summed E-state index contributed by atoms with van der Waals surface area (Å²) >= 11 is 0. The monoisotopic (exact) mass is 238 g/mol. The maximum Gasteiger partial charge on any atom is 0.0252 e. The van der Waals surface area contributed by atoms with Crippen LogP contribution in [0.2, 0.25) is 0 Å². The summed E-state index contributed by atoms with van der Waals surface area (Å²) in [7, 11) is 0. The van der Waals surface area contributed by atoms with Crippen molar-refractivity contribution in [1.29, 1.82) is 0 Å². The highest BCUT2D eigenvalue weighted by Gasteiger charge is 2.34. The minimum absolute atomic E-state index is 0.771. The summed E-state index contributed by atoms with van der Waals surface area (Å²) in [5, 5.41) is 3.72. The molecule has 2 nitrogen and oxygen atoms in total. The first-order chi connectivity index (χ1) is 8.36. The zero-order valence-electron chi connectivity index (χ0n) is 11.8. The van der Waals surface area contributed by atoms with Gasteiger partial charge < -0.3 is 5.32 Å². The van der Waals surface area contributed by atoms with E-state index in [9.17, 15) is 0 Å². The first-order valence-electron chi connectivity index (χ1n) is 7.86. The van der Waals surface area contributed by atoms with Crippen molar-refractivity contribution >= 4 is 0 Å². The van der Waals surface area contributed by atoms with E-state index >= 15 is 0 Å². The first kappa shape index (κ1) is 13.4. The molecular weight excluding hydrogens is 208 g/mol. The van der Waals surface area contributed by atoms with E-state index in [-0.39, 0.29) is 0 Å². The predicted octanol–water partition coefficient (Wildman–Crippen LogP) is 3.17. The summed E-state index contributed by atoms with van der Waals surface area (Å²) in [4.78, 5) is 2.87. The van der Waals surface area contributed by atoms with Crippen LogP contribution in [0, 0.1) is 0 Å². The van der Waals surface area contributed by atoms with Crippen molar-refractivity contribution in [1.82, 2.24) is 10.2 Å². The van der Waals surface area contributed by atoms with Crippen LogP contribution in [0.15, 0.2) is 0 Å². The van der Waals surface area contributed by atoms with Crippen LogP contribution in [-0.2, 0) is 0 Å². The standard InChI is InChI=1S/C15H30N2/c1-3-13-9-6-5-7-12-17(13)15-11-8-10-14(15)16-4-2/h13-16H,3-12H2,1-2H3. The molecule has 0 bridgehead atoms. The van der Waals surface area contributed by atoms with Crippen molar-refractivity contribution in [2.75, 3.05) is 13.1 Å². The fourth-order valence-electron chi connectivity index (χ4n) is 3.91. The van der Waals surface area contributed by atoms with Gasteiger partial charge in [0.15, 0.2) is 0 Å². The molecule has 1 aliphatic heterocycles. The predicted molar refractivity (Wildman–Crippen MR) is 74.4 cm³/mol. The van der Waals surface area contributed by atoms with E-state index in [0.717, 1.165) is 24.7 Å². The van der Waals surface area contributed by atoms with Gasteiger partial charge >= 0.3 is 0 Å². The molecule has 0 aromatic rings. The van der Waals surface area contributed by atoms with E-state index in [1.807, 2.05) is 0 Å². The van der Waals surface area contributed by atoms with Gasteiger partial charge in [0.1, 0.15) is 0 Å². The Labute approximate surface area is 107 Å². The number of likely N-dealkylation sites (tertiary alicyclic amines) is 1. The average molecular weight is 238 g/mol. The lowest BCUT2D eigenvalue weighted by Gasteiger charge is -2.38. The van der Waals surface area contributed by atoms with Gasteiger partial charge in [0.2, 0.25) is 0 Å². The topological polar surface area (TPSA) is 15.3 Å². The van der Waals surface area contributed by atoms with Crippen LogP contribution in [0.3, 0.4) is 0 Å². The Kier molecular flexibility index (Phi) is 5.30. The highest BCUT2D eigenvalue weighted by Crippen LogP contribution is 2.30. The number of nitrogens with zero attached hydrogens (tertiary/aromatic N) is 1. The Morgan fingerprint density at radius 1 is 1.00 bits per heavy atom. The molecule has 2 aliphatic rings. The number of likely N-dealkylation sites (N-methyl/N-ethyl adjacent to an activating group) is 1. The van der Waals surface area contributed by atoms with Crippen LogP contribution < -0.4 is 5.32 Å². The van der Waals surface area contributed by atoms with E-state index in [1.165, 1.54) is 57.9 Å². The van der Waals surface area contributed by atoms with Crippen molar-refractivity contribution in [3.8, 4) is 0 Å². The van der Waals surface area contributed by atoms with Crippen molar-refractivity contribution in [3.05, 3.63) is 0 Å². The molecular formula is C15H30N2. The highest BCUT2D eigenvalue weighted by atomic mass is 15.2. The second-order valence-corrected chi connectivity index (χ2v) is 5.81. The van der Waals surface area contributed by atoms with Gasteiger partial charge in [-0.15, -0.1) is 0 Å². The summed E-state index contributed by atoms with van der Waals surface area (Å²) in [6.07, 6.45) is 11.3. The molecule has 2 rings (SSSR count). The van der Waals surface area contributed by atoms with Crippen molar-refractivity contribution < 1.29 is 0 Å². The van der Waals surface area contributed by atoms with E-state index in [2.05, 4.69) is 24.1 Å². The third-order valence-electron chi connectivity index (χ3n) is 4.77. The zero-order chi connectivity index (χ0) is 12.1. The molecule has 0 amide bonds.